The molecule has 1 atom stereocenters. The molecule has 1 amide bonds. The Morgan fingerprint density at radius 3 is 2.65 bits per heavy atom. The highest BCUT2D eigenvalue weighted by Gasteiger charge is 2.21. The second-order valence-electron chi connectivity index (χ2n) is 4.06. The highest BCUT2D eigenvalue weighted by Crippen LogP contribution is 2.23. The number of rotatable bonds is 5. The van der Waals surface area contributed by atoms with Crippen LogP contribution in [-0.4, -0.2) is 34.1 Å². The molecule has 1 aromatic rings. The van der Waals surface area contributed by atoms with Gasteiger partial charge in [-0.3, -0.25) is 4.79 Å². The number of sulfonamides is 1. The van der Waals surface area contributed by atoms with E-state index in [0.29, 0.717) is 0 Å². The van der Waals surface area contributed by atoms with Crippen molar-refractivity contribution >= 4 is 27.5 Å². The first-order chi connectivity index (χ1) is 9.16. The molecule has 0 fully saturated rings. The van der Waals surface area contributed by atoms with Crippen molar-refractivity contribution in [3.05, 3.63) is 28.5 Å². The first kappa shape index (κ1) is 16.8. The van der Waals surface area contributed by atoms with E-state index in [0.717, 1.165) is 12.1 Å². The molecule has 20 heavy (non-hydrogen) atoms. The fraction of sp³-hybridized carbons (Fsp3) is 0.364. The number of hydrogen-bond donors (Lipinski definition) is 2. The van der Waals surface area contributed by atoms with E-state index in [-0.39, 0.29) is 23.2 Å². The van der Waals surface area contributed by atoms with E-state index in [9.17, 15) is 17.6 Å². The summed E-state index contributed by atoms with van der Waals surface area (Å²) in [5.74, 6) is -1.76. The van der Waals surface area contributed by atoms with Gasteiger partial charge in [0.05, 0.1) is 16.7 Å². The van der Waals surface area contributed by atoms with Gasteiger partial charge in [0.1, 0.15) is 10.7 Å². The minimum atomic E-state index is -4.28. The lowest BCUT2D eigenvalue weighted by Gasteiger charge is -2.12. The summed E-state index contributed by atoms with van der Waals surface area (Å²) in [7, 11) is -2.81. The summed E-state index contributed by atoms with van der Waals surface area (Å²) < 4.78 is 40.8. The van der Waals surface area contributed by atoms with Crippen LogP contribution in [0, 0.1) is 5.82 Å². The molecule has 0 aromatic heterocycles. The Morgan fingerprint density at radius 2 is 2.15 bits per heavy atom. The Morgan fingerprint density at radius 1 is 1.55 bits per heavy atom. The molecular formula is C11H14ClFN2O4S. The maximum absolute atomic E-state index is 13.5. The smallest absolute Gasteiger partial charge is 0.252 e. The van der Waals surface area contributed by atoms with Crippen LogP contribution in [0.1, 0.15) is 17.3 Å². The van der Waals surface area contributed by atoms with E-state index in [1.807, 2.05) is 0 Å². The van der Waals surface area contributed by atoms with Crippen molar-refractivity contribution in [1.82, 2.24) is 5.32 Å². The van der Waals surface area contributed by atoms with Crippen molar-refractivity contribution in [3.8, 4) is 0 Å². The molecule has 0 saturated carbocycles. The second-order valence-corrected chi connectivity index (χ2v) is 6.00. The Hall–Kier alpha value is -1.22. The molecule has 112 valence electrons. The van der Waals surface area contributed by atoms with Crippen LogP contribution in [0.25, 0.3) is 0 Å². The molecule has 0 spiro atoms. The lowest BCUT2D eigenvalue weighted by atomic mass is 10.2. The van der Waals surface area contributed by atoms with Crippen LogP contribution in [0.2, 0.25) is 5.02 Å². The number of amides is 1. The molecule has 0 radical (unpaired) electrons. The van der Waals surface area contributed by atoms with E-state index in [2.05, 4.69) is 5.32 Å². The zero-order chi connectivity index (χ0) is 15.5. The molecule has 0 aliphatic heterocycles. The molecule has 6 nitrogen and oxygen atoms in total. The van der Waals surface area contributed by atoms with Gasteiger partial charge in [0, 0.05) is 13.7 Å². The number of benzene rings is 1. The summed E-state index contributed by atoms with van der Waals surface area (Å²) in [5.41, 5.74) is -0.180. The molecule has 0 aliphatic carbocycles. The second kappa shape index (κ2) is 6.49. The van der Waals surface area contributed by atoms with E-state index in [1.54, 1.807) is 6.92 Å². The number of carbonyl (C=O) groups is 1. The molecule has 9 heteroatoms. The van der Waals surface area contributed by atoms with Crippen LogP contribution in [0.15, 0.2) is 17.0 Å². The maximum atomic E-state index is 13.5. The molecule has 0 bridgehead atoms. The van der Waals surface area contributed by atoms with E-state index < -0.39 is 26.6 Å². The minimum absolute atomic E-state index is 0.180. The van der Waals surface area contributed by atoms with Gasteiger partial charge in [-0.05, 0) is 19.1 Å². The first-order valence-electron chi connectivity index (χ1n) is 5.49. The van der Waals surface area contributed by atoms with Gasteiger partial charge in [-0.2, -0.15) is 0 Å². The van der Waals surface area contributed by atoms with Gasteiger partial charge in [0.2, 0.25) is 10.0 Å². The van der Waals surface area contributed by atoms with Crippen molar-refractivity contribution < 1.29 is 22.3 Å². The van der Waals surface area contributed by atoms with Crippen LogP contribution in [0.3, 0.4) is 0 Å². The average molecular weight is 325 g/mol. The predicted octanol–water partition coefficient (Wildman–Crippen LogP) is 0.891. The number of hydrogen-bond acceptors (Lipinski definition) is 4. The van der Waals surface area contributed by atoms with E-state index in [1.165, 1.54) is 7.11 Å². The monoisotopic (exact) mass is 324 g/mol. The Balaban J connectivity index is 3.10. The highest BCUT2D eigenvalue weighted by atomic mass is 35.5. The SMILES string of the molecule is COC(C)CNC(=O)c1cc(S(N)(=O)=O)c(F)cc1Cl. The summed E-state index contributed by atoms with van der Waals surface area (Å²) in [6, 6.07) is 1.54. The molecular weight excluding hydrogens is 311 g/mol. The van der Waals surface area contributed by atoms with Gasteiger partial charge in [-0.1, -0.05) is 11.6 Å². The van der Waals surface area contributed by atoms with Crippen LogP contribution in [0.5, 0.6) is 0 Å². The first-order valence-corrected chi connectivity index (χ1v) is 7.42. The zero-order valence-electron chi connectivity index (χ0n) is 10.8. The van der Waals surface area contributed by atoms with Crippen molar-refractivity contribution in [1.29, 1.82) is 0 Å². The summed E-state index contributed by atoms with van der Waals surface area (Å²) in [5, 5.41) is 7.13. The topological polar surface area (TPSA) is 98.5 Å². The van der Waals surface area contributed by atoms with Gasteiger partial charge in [0.15, 0.2) is 0 Å². The minimum Gasteiger partial charge on any atom is -0.380 e. The Labute approximate surface area is 121 Å². The number of nitrogens with one attached hydrogen (secondary N) is 1. The molecule has 0 aliphatic rings. The third kappa shape index (κ3) is 4.14. The number of nitrogens with two attached hydrogens (primary N) is 1. The third-order valence-corrected chi connectivity index (χ3v) is 3.76. The molecule has 1 rings (SSSR count). The van der Waals surface area contributed by atoms with Crippen LogP contribution < -0.4 is 10.5 Å². The Kier molecular flexibility index (Phi) is 5.46. The number of methoxy groups -OCH3 is 1. The molecule has 3 N–H and O–H groups in total. The lowest BCUT2D eigenvalue weighted by molar-refractivity contribution is 0.0870. The average Bonchev–Trinajstić information content (AvgIpc) is 2.33. The van der Waals surface area contributed by atoms with Gasteiger partial charge in [0.25, 0.3) is 5.91 Å². The highest BCUT2D eigenvalue weighted by molar-refractivity contribution is 7.89. The van der Waals surface area contributed by atoms with Crippen LogP contribution in [-0.2, 0) is 14.8 Å². The lowest BCUT2D eigenvalue weighted by Crippen LogP contribution is -2.32. The van der Waals surface area contributed by atoms with Gasteiger partial charge >= 0.3 is 0 Å². The molecule has 1 unspecified atom stereocenters. The zero-order valence-corrected chi connectivity index (χ0v) is 12.4. The van der Waals surface area contributed by atoms with Crippen molar-refractivity contribution in [2.24, 2.45) is 5.14 Å². The summed E-state index contributed by atoms with van der Waals surface area (Å²) in [6.07, 6.45) is -0.240. The maximum Gasteiger partial charge on any atom is 0.252 e. The van der Waals surface area contributed by atoms with E-state index >= 15 is 0 Å². The van der Waals surface area contributed by atoms with Gasteiger partial charge in [-0.25, -0.2) is 17.9 Å². The standard InChI is InChI=1S/C11H14ClFN2O4S/c1-6(19-2)5-15-11(16)7-3-10(20(14,17)18)9(13)4-8(7)12/h3-4,6H,5H2,1-2H3,(H,15,16)(H2,14,17,18). The van der Waals surface area contributed by atoms with Crippen LogP contribution in [0.4, 0.5) is 4.39 Å². The fourth-order valence-electron chi connectivity index (χ4n) is 1.34. The number of carbonyl (C=O) groups excluding carboxylic acids is 1. The third-order valence-electron chi connectivity index (χ3n) is 2.53. The quantitative estimate of drug-likeness (QED) is 0.840. The fourth-order valence-corrected chi connectivity index (χ4v) is 2.19. The molecule has 1 aromatic carbocycles. The predicted molar refractivity (Wildman–Crippen MR) is 71.6 cm³/mol. The van der Waals surface area contributed by atoms with Crippen molar-refractivity contribution in [3.63, 3.8) is 0 Å². The van der Waals surface area contributed by atoms with Gasteiger partial charge in [-0.15, -0.1) is 0 Å². The number of ether oxygens (including phenoxy) is 1. The molecule has 0 saturated heterocycles. The Bertz CT molecular complexity index is 621. The van der Waals surface area contributed by atoms with E-state index in [4.69, 9.17) is 21.5 Å². The summed E-state index contributed by atoms with van der Waals surface area (Å²) in [4.78, 5) is 11.1. The summed E-state index contributed by atoms with van der Waals surface area (Å²) >= 11 is 5.73. The molecule has 0 heterocycles. The van der Waals surface area contributed by atoms with Gasteiger partial charge < -0.3 is 10.1 Å². The van der Waals surface area contributed by atoms with Crippen molar-refractivity contribution in [2.75, 3.05) is 13.7 Å². The largest absolute Gasteiger partial charge is 0.380 e. The van der Waals surface area contributed by atoms with Crippen molar-refractivity contribution in [2.45, 2.75) is 17.9 Å². The number of halogens is 2. The van der Waals surface area contributed by atoms with Crippen LogP contribution >= 0.6 is 11.6 Å². The number of primary sulfonamides is 1. The summed E-state index contributed by atoms with van der Waals surface area (Å²) in [6.45, 7) is 1.91. The normalized spacial score (nSPS) is 13.1.